The summed E-state index contributed by atoms with van der Waals surface area (Å²) in [4.78, 5) is 0. The van der Waals surface area contributed by atoms with Crippen LogP contribution in [-0.4, -0.2) is 11.7 Å². The molecule has 1 N–H and O–H groups in total. The minimum atomic E-state index is 0. The third-order valence-electron chi connectivity index (χ3n) is 1.68. The molecule has 0 fully saturated rings. The van der Waals surface area contributed by atoms with Crippen LogP contribution < -0.4 is 0 Å². The summed E-state index contributed by atoms with van der Waals surface area (Å²) in [6.07, 6.45) is 15.2. The predicted molar refractivity (Wildman–Crippen MR) is 69.8 cm³/mol. The Balaban J connectivity index is -0.000000216. The third-order valence-corrected chi connectivity index (χ3v) is 1.68. The maximum Gasteiger partial charge on any atom is 2.00 e. The van der Waals surface area contributed by atoms with Gasteiger partial charge < -0.3 is 9.84 Å². The van der Waals surface area contributed by atoms with E-state index in [0.29, 0.717) is 18.8 Å². The molecule has 0 radical (unpaired) electrons. The summed E-state index contributed by atoms with van der Waals surface area (Å²) in [5.74, 6) is 0.717. The number of ether oxygens (including phenoxy) is 1. The van der Waals surface area contributed by atoms with Gasteiger partial charge in [-0.05, 0) is 12.7 Å². The molecular weight excluding hydrogens is 338 g/mol. The molecule has 0 aromatic rings. The van der Waals surface area contributed by atoms with Crippen LogP contribution in [0.3, 0.4) is 0 Å². The Labute approximate surface area is 134 Å². The summed E-state index contributed by atoms with van der Waals surface area (Å²) < 4.78 is 5.03. The van der Waals surface area contributed by atoms with E-state index in [0.717, 1.165) is 6.42 Å². The Kier molecular flexibility index (Phi) is 18.4. The zero-order chi connectivity index (χ0) is 10.2. The second-order valence-electron chi connectivity index (χ2n) is 2.73. The van der Waals surface area contributed by atoms with Gasteiger partial charge in [0, 0.05) is 5.76 Å². The number of halogens is 2. The number of hydrogen-bond acceptors (Lipinski definition) is 2. The van der Waals surface area contributed by atoms with Crippen LogP contribution in [0.1, 0.15) is 19.8 Å². The number of aliphatic hydroxyl groups is 1. The first-order valence-electron chi connectivity index (χ1n) is 4.69. The predicted octanol–water partition coefficient (Wildman–Crippen LogP) is 3.70. The van der Waals surface area contributed by atoms with E-state index in [4.69, 9.17) is 9.84 Å². The fraction of sp³-hybridized carbons (Fsp3) is 0.333. The summed E-state index contributed by atoms with van der Waals surface area (Å²) in [6.45, 7) is 2.48. The second-order valence-corrected chi connectivity index (χ2v) is 2.73. The number of rotatable bonds is 2. The van der Waals surface area contributed by atoms with Crippen molar-refractivity contribution in [2.24, 2.45) is 0 Å². The molecule has 0 aromatic heterocycles. The number of aliphatic hydroxyl groups excluding tert-OH is 1. The van der Waals surface area contributed by atoms with Gasteiger partial charge in [0.05, 0.1) is 6.61 Å². The molecule has 17 heavy (non-hydrogen) atoms. The summed E-state index contributed by atoms with van der Waals surface area (Å²) in [7, 11) is 0. The van der Waals surface area contributed by atoms with E-state index in [9.17, 15) is 0 Å². The van der Waals surface area contributed by atoms with Gasteiger partial charge in [0.25, 0.3) is 0 Å². The van der Waals surface area contributed by atoms with Gasteiger partial charge in [-0.3, -0.25) is 6.08 Å². The number of hydrogen-bond donors (Lipinski definition) is 1. The van der Waals surface area contributed by atoms with Crippen molar-refractivity contribution in [2.45, 2.75) is 19.8 Å². The molecule has 2 aliphatic rings. The van der Waals surface area contributed by atoms with Gasteiger partial charge in [-0.2, -0.15) is 6.08 Å². The van der Waals surface area contributed by atoms with Crippen LogP contribution in [0.5, 0.6) is 0 Å². The van der Waals surface area contributed by atoms with Gasteiger partial charge in [-0.15, -0.1) is 43.7 Å². The van der Waals surface area contributed by atoms with Crippen LogP contribution in [0, 0.1) is 12.2 Å². The molecule has 94 valence electrons. The van der Waals surface area contributed by atoms with Gasteiger partial charge in [-0.25, -0.2) is 18.2 Å². The molecule has 0 aromatic carbocycles. The van der Waals surface area contributed by atoms with Gasteiger partial charge in [0.15, 0.2) is 0 Å². The summed E-state index contributed by atoms with van der Waals surface area (Å²) >= 11 is 0. The molecule has 5 heteroatoms. The average Bonchev–Trinajstić information content (AvgIpc) is 2.81. The van der Waals surface area contributed by atoms with Gasteiger partial charge in [0.1, 0.15) is 0 Å². The van der Waals surface area contributed by atoms with Crippen molar-refractivity contribution >= 4 is 24.8 Å². The van der Waals surface area contributed by atoms with Crippen LogP contribution in [-0.2, 0) is 30.9 Å². The maximum absolute atomic E-state index is 8.93. The van der Waals surface area contributed by atoms with Gasteiger partial charge in [0.2, 0.25) is 0 Å². The Morgan fingerprint density at radius 2 is 2.06 bits per heavy atom. The molecule has 0 unspecified atom stereocenters. The first-order chi connectivity index (χ1) is 6.84. The van der Waals surface area contributed by atoms with E-state index in [1.54, 1.807) is 6.08 Å². The largest absolute Gasteiger partial charge is 2.00 e. The molecule has 0 atom stereocenters. The fourth-order valence-electron chi connectivity index (χ4n) is 1.05. The van der Waals surface area contributed by atoms with Crippen molar-refractivity contribution in [3.05, 3.63) is 48.0 Å². The minimum absolute atomic E-state index is 0. The van der Waals surface area contributed by atoms with Gasteiger partial charge >= 0.3 is 26.2 Å². The Hall–Kier alpha value is 0.0231. The quantitative estimate of drug-likeness (QED) is 0.766. The molecule has 2 rings (SSSR count). The minimum Gasteiger partial charge on any atom is -0.576 e. The summed E-state index contributed by atoms with van der Waals surface area (Å²) in [6, 6.07) is 0. The zero-order valence-electron chi connectivity index (χ0n) is 9.60. The molecule has 2 nitrogen and oxygen atoms in total. The Morgan fingerprint density at radius 3 is 2.35 bits per heavy atom. The molecule has 0 saturated carbocycles. The maximum atomic E-state index is 8.93. The first kappa shape index (κ1) is 22.2. The standard InChI is InChI=1S/C7H9O2.C5H5.2ClH.Zr/c1-2-9-7-5-3-4-6(7)8;1-2-4-5-3-1;;;/h5,8H,2-3H2,1H3;1-3H,4H2;2*1H;/q2*-1;;;+2. The zero-order valence-corrected chi connectivity index (χ0v) is 13.7. The molecule has 0 amide bonds. The van der Waals surface area contributed by atoms with E-state index >= 15 is 0 Å². The van der Waals surface area contributed by atoms with E-state index < -0.39 is 0 Å². The first-order valence-corrected chi connectivity index (χ1v) is 4.69. The SMILES string of the molecule is CCOC1=CC[C-]=C1O.Cl.Cl.[C-]1=CC=CC1.[Zr+2]. The van der Waals surface area contributed by atoms with E-state index in [1.807, 2.05) is 19.1 Å². The van der Waals surface area contributed by atoms with Crippen LogP contribution in [0.4, 0.5) is 0 Å². The molecular formula is C12H16Cl2O2Zr. The average molecular weight is 354 g/mol. The topological polar surface area (TPSA) is 29.5 Å². The number of allylic oxidation sites excluding steroid dienone is 6. The van der Waals surface area contributed by atoms with Crippen LogP contribution in [0.15, 0.2) is 35.8 Å². The summed E-state index contributed by atoms with van der Waals surface area (Å²) in [5.41, 5.74) is 0. The van der Waals surface area contributed by atoms with Crippen molar-refractivity contribution < 1.29 is 36.0 Å². The second kappa shape index (κ2) is 14.1. The monoisotopic (exact) mass is 352 g/mol. The molecule has 0 aliphatic heterocycles. The van der Waals surface area contributed by atoms with Crippen LogP contribution in [0.2, 0.25) is 0 Å². The van der Waals surface area contributed by atoms with E-state index in [-0.39, 0.29) is 56.8 Å². The smallest absolute Gasteiger partial charge is 0.576 e. The van der Waals surface area contributed by atoms with Crippen molar-refractivity contribution in [3.8, 4) is 0 Å². The molecule has 0 saturated heterocycles. The molecule has 0 spiro atoms. The Morgan fingerprint density at radius 1 is 1.35 bits per heavy atom. The van der Waals surface area contributed by atoms with Crippen molar-refractivity contribution in [1.29, 1.82) is 0 Å². The van der Waals surface area contributed by atoms with Crippen molar-refractivity contribution in [3.63, 3.8) is 0 Å². The van der Waals surface area contributed by atoms with Crippen LogP contribution >= 0.6 is 24.8 Å². The van der Waals surface area contributed by atoms with Gasteiger partial charge in [-0.1, -0.05) is 0 Å². The fourth-order valence-corrected chi connectivity index (χ4v) is 1.05. The molecule has 0 heterocycles. The molecule has 2 aliphatic carbocycles. The Bertz CT molecular complexity index is 287. The third kappa shape index (κ3) is 9.70. The van der Waals surface area contributed by atoms with Crippen LogP contribution in [0.25, 0.3) is 0 Å². The van der Waals surface area contributed by atoms with E-state index in [1.165, 1.54) is 0 Å². The molecule has 0 bridgehead atoms. The van der Waals surface area contributed by atoms with E-state index in [2.05, 4.69) is 18.2 Å². The van der Waals surface area contributed by atoms with Crippen molar-refractivity contribution in [2.75, 3.05) is 6.61 Å². The summed E-state index contributed by atoms with van der Waals surface area (Å²) in [5, 5.41) is 8.93. The van der Waals surface area contributed by atoms with Crippen molar-refractivity contribution in [1.82, 2.24) is 0 Å². The normalized spacial score (nSPS) is 14.2.